The Hall–Kier alpha value is -0.720. The van der Waals surface area contributed by atoms with Gasteiger partial charge in [-0.25, -0.2) is 0 Å². The van der Waals surface area contributed by atoms with Gasteiger partial charge >= 0.3 is 6.61 Å². The van der Waals surface area contributed by atoms with E-state index in [0.717, 1.165) is 0 Å². The summed E-state index contributed by atoms with van der Waals surface area (Å²) in [6.07, 6.45) is -2.35. The summed E-state index contributed by atoms with van der Waals surface area (Å²) >= 11 is 2.99. The molecule has 3 nitrogen and oxygen atoms in total. The zero-order valence-electron chi connectivity index (χ0n) is 8.19. The smallest absolute Gasteiger partial charge is 0.387 e. The van der Waals surface area contributed by atoms with Gasteiger partial charge in [0.25, 0.3) is 0 Å². The van der Waals surface area contributed by atoms with Crippen LogP contribution in [0.4, 0.5) is 8.78 Å². The van der Waals surface area contributed by atoms with Gasteiger partial charge in [0.15, 0.2) is 0 Å². The Morgan fingerprint density at radius 3 is 2.44 bits per heavy atom. The molecule has 0 saturated carbocycles. The molecule has 2 N–H and O–H groups in total. The number of benzene rings is 1. The molecule has 0 bridgehead atoms. The molecule has 0 radical (unpaired) electrons. The Labute approximate surface area is 99.8 Å². The minimum absolute atomic E-state index is 0.134. The van der Waals surface area contributed by atoms with Crippen LogP contribution in [0.1, 0.15) is 11.7 Å². The zero-order valence-corrected chi connectivity index (χ0v) is 9.77. The molecule has 0 aromatic heterocycles. The van der Waals surface area contributed by atoms with Gasteiger partial charge in [0.05, 0.1) is 6.10 Å². The Balaban J connectivity index is 2.93. The maximum Gasteiger partial charge on any atom is 0.387 e. The fourth-order valence-electron chi connectivity index (χ4n) is 1.22. The maximum absolute atomic E-state index is 12.1. The van der Waals surface area contributed by atoms with Crippen LogP contribution in [-0.4, -0.2) is 28.3 Å². The lowest BCUT2D eigenvalue weighted by molar-refractivity contribution is -0.0533. The normalized spacial score (nSPS) is 14.9. The zero-order chi connectivity index (χ0) is 12.1. The molecule has 2 atom stereocenters. The highest BCUT2D eigenvalue weighted by Gasteiger charge is 2.21. The quantitative estimate of drug-likeness (QED) is 0.818. The van der Waals surface area contributed by atoms with Gasteiger partial charge in [0.1, 0.15) is 11.9 Å². The Bertz CT molecular complexity index is 336. The second kappa shape index (κ2) is 6.12. The van der Waals surface area contributed by atoms with Gasteiger partial charge in [-0.3, -0.25) is 0 Å². The average molecular weight is 297 g/mol. The summed E-state index contributed by atoms with van der Waals surface area (Å²) in [7, 11) is 0. The summed E-state index contributed by atoms with van der Waals surface area (Å²) in [5, 5.41) is 19.2. The molecule has 0 fully saturated rings. The largest absolute Gasteiger partial charge is 0.434 e. The van der Waals surface area contributed by atoms with Crippen molar-refractivity contribution in [2.45, 2.75) is 18.8 Å². The van der Waals surface area contributed by atoms with E-state index in [2.05, 4.69) is 20.7 Å². The van der Waals surface area contributed by atoms with Crippen LogP contribution in [-0.2, 0) is 0 Å². The summed E-state index contributed by atoms with van der Waals surface area (Å²) in [5.41, 5.74) is 0.134. The number of ether oxygens (including phenoxy) is 1. The minimum atomic E-state index is -2.96. The van der Waals surface area contributed by atoms with E-state index in [0.29, 0.717) is 0 Å². The number of hydrogen-bond acceptors (Lipinski definition) is 3. The van der Waals surface area contributed by atoms with Crippen molar-refractivity contribution in [2.75, 3.05) is 5.33 Å². The van der Waals surface area contributed by atoms with Crippen molar-refractivity contribution >= 4 is 15.9 Å². The van der Waals surface area contributed by atoms with Crippen molar-refractivity contribution in [1.82, 2.24) is 0 Å². The number of aliphatic hydroxyl groups excluding tert-OH is 2. The van der Waals surface area contributed by atoms with E-state index in [9.17, 15) is 19.0 Å². The second-order valence-corrected chi connectivity index (χ2v) is 3.73. The second-order valence-electron chi connectivity index (χ2n) is 3.08. The molecule has 0 heterocycles. The van der Waals surface area contributed by atoms with Crippen molar-refractivity contribution in [2.24, 2.45) is 0 Å². The standard InChI is InChI=1S/C10H11BrF2O3/c11-5-7(14)9(15)6-3-1-2-4-8(6)16-10(12)13/h1-4,7,9-10,14-15H,5H2. The van der Waals surface area contributed by atoms with Crippen LogP contribution in [0, 0.1) is 0 Å². The molecular formula is C10H11BrF2O3. The topological polar surface area (TPSA) is 49.7 Å². The summed E-state index contributed by atoms with van der Waals surface area (Å²) < 4.78 is 28.4. The molecule has 90 valence electrons. The van der Waals surface area contributed by atoms with Gasteiger partial charge in [-0.05, 0) is 6.07 Å². The van der Waals surface area contributed by atoms with E-state index in [1.54, 1.807) is 6.07 Å². The van der Waals surface area contributed by atoms with E-state index >= 15 is 0 Å². The summed E-state index contributed by atoms with van der Waals surface area (Å²) in [6.45, 7) is -2.96. The van der Waals surface area contributed by atoms with Crippen molar-refractivity contribution in [3.05, 3.63) is 29.8 Å². The van der Waals surface area contributed by atoms with Crippen LogP contribution in [0.15, 0.2) is 24.3 Å². The molecule has 16 heavy (non-hydrogen) atoms. The van der Waals surface area contributed by atoms with E-state index in [4.69, 9.17) is 0 Å². The number of alkyl halides is 3. The molecule has 0 aliphatic rings. The number of para-hydroxylation sites is 1. The third-order valence-electron chi connectivity index (χ3n) is 1.98. The lowest BCUT2D eigenvalue weighted by atomic mass is 10.0. The Kier molecular flexibility index (Phi) is 5.11. The fourth-order valence-corrected chi connectivity index (χ4v) is 1.57. The fraction of sp³-hybridized carbons (Fsp3) is 0.400. The first kappa shape index (κ1) is 13.3. The molecule has 1 aromatic carbocycles. The Morgan fingerprint density at radius 2 is 1.88 bits per heavy atom. The predicted octanol–water partition coefficient (Wildman–Crippen LogP) is 2.08. The summed E-state index contributed by atoms with van der Waals surface area (Å²) in [4.78, 5) is 0. The van der Waals surface area contributed by atoms with Gasteiger partial charge in [0.2, 0.25) is 0 Å². The molecule has 1 aromatic rings. The van der Waals surface area contributed by atoms with Crippen LogP contribution in [0.3, 0.4) is 0 Å². The van der Waals surface area contributed by atoms with Crippen molar-refractivity contribution in [1.29, 1.82) is 0 Å². The van der Waals surface area contributed by atoms with Gasteiger partial charge in [0, 0.05) is 10.9 Å². The SMILES string of the molecule is OC(CBr)C(O)c1ccccc1OC(F)F. The molecule has 0 aliphatic heterocycles. The molecule has 1 rings (SSSR count). The number of rotatable bonds is 5. The van der Waals surface area contributed by atoms with Crippen molar-refractivity contribution in [3.63, 3.8) is 0 Å². The van der Waals surface area contributed by atoms with E-state index in [1.165, 1.54) is 18.2 Å². The molecule has 0 spiro atoms. The van der Waals surface area contributed by atoms with E-state index < -0.39 is 18.8 Å². The average Bonchev–Trinajstić information content (AvgIpc) is 2.27. The van der Waals surface area contributed by atoms with Crippen LogP contribution in [0.25, 0.3) is 0 Å². The maximum atomic E-state index is 12.1. The first-order valence-electron chi connectivity index (χ1n) is 4.52. The molecule has 0 aliphatic carbocycles. The molecule has 2 unspecified atom stereocenters. The molecule has 0 amide bonds. The van der Waals surface area contributed by atoms with Crippen molar-refractivity contribution < 1.29 is 23.7 Å². The minimum Gasteiger partial charge on any atom is -0.434 e. The van der Waals surface area contributed by atoms with Crippen LogP contribution in [0.5, 0.6) is 5.75 Å². The molecule has 6 heteroatoms. The predicted molar refractivity (Wildman–Crippen MR) is 57.8 cm³/mol. The third kappa shape index (κ3) is 3.40. The van der Waals surface area contributed by atoms with Gasteiger partial charge in [-0.2, -0.15) is 8.78 Å². The highest BCUT2D eigenvalue weighted by Crippen LogP contribution is 2.28. The van der Waals surface area contributed by atoms with Gasteiger partial charge in [-0.1, -0.05) is 34.1 Å². The lowest BCUT2D eigenvalue weighted by Crippen LogP contribution is -2.20. The Morgan fingerprint density at radius 1 is 1.25 bits per heavy atom. The first-order valence-corrected chi connectivity index (χ1v) is 5.64. The van der Waals surface area contributed by atoms with Crippen molar-refractivity contribution in [3.8, 4) is 5.75 Å². The molecular weight excluding hydrogens is 286 g/mol. The lowest BCUT2D eigenvalue weighted by Gasteiger charge is -2.18. The highest BCUT2D eigenvalue weighted by atomic mass is 79.9. The molecule has 0 saturated heterocycles. The monoisotopic (exact) mass is 296 g/mol. The first-order chi connectivity index (χ1) is 7.56. The highest BCUT2D eigenvalue weighted by molar-refractivity contribution is 9.09. The van der Waals surface area contributed by atoms with Crippen LogP contribution < -0.4 is 4.74 Å². The van der Waals surface area contributed by atoms with E-state index in [-0.39, 0.29) is 16.6 Å². The third-order valence-corrected chi connectivity index (χ3v) is 2.64. The van der Waals surface area contributed by atoms with Crippen LogP contribution >= 0.6 is 15.9 Å². The number of aliphatic hydroxyl groups is 2. The van der Waals surface area contributed by atoms with Crippen LogP contribution in [0.2, 0.25) is 0 Å². The van der Waals surface area contributed by atoms with Gasteiger partial charge in [-0.15, -0.1) is 0 Å². The summed E-state index contributed by atoms with van der Waals surface area (Å²) in [6, 6.07) is 5.81. The number of halogens is 3. The van der Waals surface area contributed by atoms with Gasteiger partial charge < -0.3 is 14.9 Å². The summed E-state index contributed by atoms with van der Waals surface area (Å²) in [5.74, 6) is -0.134. The number of hydrogen-bond donors (Lipinski definition) is 2. The van der Waals surface area contributed by atoms with E-state index in [1.807, 2.05) is 0 Å².